The van der Waals surface area contributed by atoms with Gasteiger partial charge in [-0.2, -0.15) is 5.10 Å². The molecule has 84 valence electrons. The van der Waals surface area contributed by atoms with Crippen LogP contribution in [-0.2, 0) is 6.54 Å². The van der Waals surface area contributed by atoms with E-state index in [1.807, 2.05) is 12.3 Å². The van der Waals surface area contributed by atoms with E-state index in [1.165, 1.54) is 6.20 Å². The number of rotatable bonds is 3. The lowest BCUT2D eigenvalue weighted by molar-refractivity contribution is 0.0951. The predicted molar refractivity (Wildman–Crippen MR) is 61.0 cm³/mol. The van der Waals surface area contributed by atoms with Gasteiger partial charge in [-0.15, -0.1) is 11.3 Å². The molecule has 4 N–H and O–H groups in total. The minimum Gasteiger partial charge on any atom is -0.383 e. The number of nitrogens with two attached hydrogens (primary N) is 1. The Morgan fingerprint density at radius 3 is 3.06 bits per heavy atom. The topological polar surface area (TPSA) is 96.7 Å². The summed E-state index contributed by atoms with van der Waals surface area (Å²) < 4.78 is 0. The minimum atomic E-state index is -0.253. The van der Waals surface area contributed by atoms with Gasteiger partial charge in [0.2, 0.25) is 0 Å². The van der Waals surface area contributed by atoms with E-state index in [9.17, 15) is 4.79 Å². The van der Waals surface area contributed by atoms with Crippen LogP contribution in [0.2, 0.25) is 0 Å². The summed E-state index contributed by atoms with van der Waals surface area (Å²) in [4.78, 5) is 15.9. The molecule has 16 heavy (non-hydrogen) atoms. The molecule has 0 aliphatic heterocycles. The van der Waals surface area contributed by atoms with E-state index in [2.05, 4.69) is 20.5 Å². The maximum Gasteiger partial charge on any atom is 0.256 e. The van der Waals surface area contributed by atoms with Gasteiger partial charge in [-0.3, -0.25) is 9.89 Å². The number of carbonyl (C=O) groups excluding carboxylic acids is 1. The number of carbonyl (C=O) groups is 1. The molecule has 0 spiro atoms. The molecule has 0 saturated carbocycles. The van der Waals surface area contributed by atoms with Gasteiger partial charge in [0.05, 0.1) is 23.4 Å². The van der Waals surface area contributed by atoms with Gasteiger partial charge in [0.1, 0.15) is 11.4 Å². The number of aryl methyl sites for hydroxylation is 1. The van der Waals surface area contributed by atoms with Crippen molar-refractivity contribution in [3.63, 3.8) is 0 Å². The normalized spacial score (nSPS) is 10.3. The highest BCUT2D eigenvalue weighted by Gasteiger charge is 2.11. The third-order valence-electron chi connectivity index (χ3n) is 2.01. The third kappa shape index (κ3) is 2.19. The van der Waals surface area contributed by atoms with Crippen molar-refractivity contribution in [2.45, 2.75) is 13.5 Å². The largest absolute Gasteiger partial charge is 0.383 e. The highest BCUT2D eigenvalue weighted by Crippen LogP contribution is 2.09. The van der Waals surface area contributed by atoms with E-state index in [-0.39, 0.29) is 11.7 Å². The van der Waals surface area contributed by atoms with E-state index in [1.54, 1.807) is 11.3 Å². The Balaban J connectivity index is 1.96. The zero-order valence-corrected chi connectivity index (χ0v) is 9.47. The predicted octanol–water partition coefficient (Wildman–Crippen LogP) is 0.687. The molecule has 2 rings (SSSR count). The van der Waals surface area contributed by atoms with Gasteiger partial charge in [0.15, 0.2) is 0 Å². The first-order valence-electron chi connectivity index (χ1n) is 4.65. The van der Waals surface area contributed by atoms with E-state index in [0.29, 0.717) is 12.1 Å². The molecule has 2 aromatic heterocycles. The van der Waals surface area contributed by atoms with Crippen molar-refractivity contribution in [2.24, 2.45) is 0 Å². The fourth-order valence-corrected chi connectivity index (χ4v) is 1.85. The highest BCUT2D eigenvalue weighted by atomic mass is 32.1. The Kier molecular flexibility index (Phi) is 2.86. The summed E-state index contributed by atoms with van der Waals surface area (Å²) in [5, 5.41) is 11.8. The minimum absolute atomic E-state index is 0.253. The number of nitrogen functional groups attached to an aromatic ring is 1. The summed E-state index contributed by atoms with van der Waals surface area (Å²) in [5.74, 6) is 0.0175. The van der Waals surface area contributed by atoms with Gasteiger partial charge in [-0.05, 0) is 6.92 Å². The molecule has 0 aliphatic rings. The molecule has 2 aromatic rings. The van der Waals surface area contributed by atoms with E-state index in [4.69, 9.17) is 5.73 Å². The number of amides is 1. The lowest BCUT2D eigenvalue weighted by Crippen LogP contribution is -2.23. The second-order valence-electron chi connectivity index (χ2n) is 3.24. The fraction of sp³-hybridized carbons (Fsp3) is 0.222. The molecule has 0 atom stereocenters. The van der Waals surface area contributed by atoms with E-state index in [0.717, 1.165) is 10.7 Å². The number of nitrogens with one attached hydrogen (secondary N) is 2. The van der Waals surface area contributed by atoms with Crippen LogP contribution in [-0.4, -0.2) is 21.1 Å². The molecular formula is C9H11N5OS. The lowest BCUT2D eigenvalue weighted by atomic mass is 10.3. The van der Waals surface area contributed by atoms with Crippen molar-refractivity contribution in [2.75, 3.05) is 5.73 Å². The molecule has 0 fully saturated rings. The van der Waals surface area contributed by atoms with Crippen LogP contribution in [0.15, 0.2) is 11.6 Å². The summed E-state index contributed by atoms with van der Waals surface area (Å²) in [6.07, 6.45) is 1.40. The number of aromatic amines is 1. The summed E-state index contributed by atoms with van der Waals surface area (Å²) in [6.45, 7) is 2.32. The molecule has 0 aliphatic carbocycles. The van der Waals surface area contributed by atoms with Crippen molar-refractivity contribution in [1.82, 2.24) is 20.5 Å². The molecule has 0 radical (unpaired) electrons. The number of hydrogen-bond donors (Lipinski definition) is 3. The van der Waals surface area contributed by atoms with Crippen LogP contribution >= 0.6 is 11.3 Å². The number of anilines is 1. The van der Waals surface area contributed by atoms with Crippen molar-refractivity contribution in [3.05, 3.63) is 27.8 Å². The number of aromatic nitrogens is 3. The van der Waals surface area contributed by atoms with Crippen LogP contribution in [0.25, 0.3) is 0 Å². The Labute approximate surface area is 95.9 Å². The van der Waals surface area contributed by atoms with Gasteiger partial charge in [0.25, 0.3) is 5.91 Å². The first-order valence-corrected chi connectivity index (χ1v) is 5.53. The van der Waals surface area contributed by atoms with Crippen LogP contribution in [0.3, 0.4) is 0 Å². The van der Waals surface area contributed by atoms with Crippen LogP contribution < -0.4 is 11.1 Å². The van der Waals surface area contributed by atoms with Crippen molar-refractivity contribution in [1.29, 1.82) is 0 Å². The zero-order valence-electron chi connectivity index (χ0n) is 8.65. The third-order valence-corrected chi connectivity index (χ3v) is 2.83. The second kappa shape index (κ2) is 4.31. The monoisotopic (exact) mass is 237 g/mol. The molecule has 7 heteroatoms. The highest BCUT2D eigenvalue weighted by molar-refractivity contribution is 7.09. The molecule has 0 saturated heterocycles. The molecule has 0 aromatic carbocycles. The molecule has 0 unspecified atom stereocenters. The number of H-pyrrole nitrogens is 1. The van der Waals surface area contributed by atoms with Crippen LogP contribution in [0.5, 0.6) is 0 Å². The smallest absolute Gasteiger partial charge is 0.256 e. The van der Waals surface area contributed by atoms with Crippen molar-refractivity contribution < 1.29 is 4.79 Å². The quantitative estimate of drug-likeness (QED) is 0.731. The molecule has 0 bridgehead atoms. The van der Waals surface area contributed by atoms with Crippen LogP contribution in [0.4, 0.5) is 5.82 Å². The zero-order chi connectivity index (χ0) is 11.5. The summed E-state index contributed by atoms with van der Waals surface area (Å²) in [7, 11) is 0. The first-order chi connectivity index (χ1) is 7.66. The Hall–Kier alpha value is -1.89. The number of nitrogens with zero attached hydrogens (tertiary/aromatic N) is 2. The van der Waals surface area contributed by atoms with Crippen molar-refractivity contribution >= 4 is 23.1 Å². The van der Waals surface area contributed by atoms with Gasteiger partial charge in [0, 0.05) is 5.38 Å². The maximum atomic E-state index is 11.6. The summed E-state index contributed by atoms with van der Waals surface area (Å²) >= 11 is 1.55. The van der Waals surface area contributed by atoms with Crippen molar-refractivity contribution in [3.8, 4) is 0 Å². The Morgan fingerprint density at radius 2 is 2.50 bits per heavy atom. The lowest BCUT2D eigenvalue weighted by Gasteiger charge is -2.01. The fourth-order valence-electron chi connectivity index (χ4n) is 1.23. The maximum absolute atomic E-state index is 11.6. The van der Waals surface area contributed by atoms with E-state index >= 15 is 0 Å². The number of thiazole rings is 1. The molecular weight excluding hydrogens is 226 g/mol. The Morgan fingerprint density at radius 1 is 1.69 bits per heavy atom. The molecule has 2 heterocycles. The summed E-state index contributed by atoms with van der Waals surface area (Å²) in [5.41, 5.74) is 6.72. The Bertz CT molecular complexity index is 503. The van der Waals surface area contributed by atoms with E-state index < -0.39 is 0 Å². The molecule has 6 nitrogen and oxygen atoms in total. The first kappa shape index (κ1) is 10.6. The average Bonchev–Trinajstić information content (AvgIpc) is 2.84. The van der Waals surface area contributed by atoms with Gasteiger partial charge in [-0.25, -0.2) is 4.98 Å². The van der Waals surface area contributed by atoms with Gasteiger partial charge in [-0.1, -0.05) is 0 Å². The standard InChI is InChI=1S/C9H11N5OS/c1-5-13-6(4-16-5)2-11-9(15)7-3-12-14-8(7)10/h3-4H,2H2,1H3,(H,11,15)(H3,10,12,14). The second-order valence-corrected chi connectivity index (χ2v) is 4.30. The SMILES string of the molecule is Cc1nc(CNC(=O)c2cn[nH]c2N)cs1. The van der Waals surface area contributed by atoms with Crippen LogP contribution in [0.1, 0.15) is 21.1 Å². The number of hydrogen-bond acceptors (Lipinski definition) is 5. The van der Waals surface area contributed by atoms with Gasteiger partial charge < -0.3 is 11.1 Å². The average molecular weight is 237 g/mol. The molecule has 1 amide bonds. The van der Waals surface area contributed by atoms with Crippen LogP contribution in [0, 0.1) is 6.92 Å². The summed E-state index contributed by atoms with van der Waals surface area (Å²) in [6, 6.07) is 0. The van der Waals surface area contributed by atoms with Gasteiger partial charge >= 0.3 is 0 Å².